The molecular weight excluding hydrogens is 392 g/mol. The van der Waals surface area contributed by atoms with Crippen LogP contribution in [0.4, 0.5) is 0 Å². The maximum absolute atomic E-state index is 12.2. The maximum atomic E-state index is 12.2. The number of aliphatic hydroxyl groups excluding tert-OH is 1. The lowest BCUT2D eigenvalue weighted by Crippen LogP contribution is -2.40. The molecule has 146 valence electrons. The highest BCUT2D eigenvalue weighted by molar-refractivity contribution is 6.30. The van der Waals surface area contributed by atoms with Gasteiger partial charge in [-0.15, -0.1) is 10.2 Å². The summed E-state index contributed by atoms with van der Waals surface area (Å²) in [6, 6.07) is 6.63. The molecule has 0 amide bonds. The lowest BCUT2D eigenvalue weighted by Gasteiger charge is -2.09. The molecule has 11 nitrogen and oxygen atoms in total. The van der Waals surface area contributed by atoms with Gasteiger partial charge in [-0.2, -0.15) is 4.80 Å². The molecule has 0 spiro atoms. The summed E-state index contributed by atoms with van der Waals surface area (Å²) in [4.78, 5) is 36.3. The van der Waals surface area contributed by atoms with Crippen LogP contribution in [0.15, 0.2) is 40.1 Å². The van der Waals surface area contributed by atoms with E-state index in [0.29, 0.717) is 15.2 Å². The fourth-order valence-electron chi connectivity index (χ4n) is 2.50. The number of aromatic nitrogens is 6. The summed E-state index contributed by atoms with van der Waals surface area (Å²) >= 11 is 5.81. The lowest BCUT2D eigenvalue weighted by atomic mass is 10.1. The Kier molecular flexibility index (Phi) is 5.38. The number of halogens is 1. The van der Waals surface area contributed by atoms with Crippen LogP contribution in [0.5, 0.6) is 0 Å². The molecule has 1 aromatic carbocycles. The quantitative estimate of drug-likeness (QED) is 0.565. The Morgan fingerprint density at radius 2 is 1.93 bits per heavy atom. The minimum Gasteiger partial charge on any atom is -0.477 e. The van der Waals surface area contributed by atoms with Crippen molar-refractivity contribution in [3.8, 4) is 0 Å². The molecule has 0 saturated carbocycles. The van der Waals surface area contributed by atoms with Crippen molar-refractivity contribution in [3.05, 3.63) is 73.3 Å². The molecule has 1 atom stereocenters. The standard InChI is InChI=1S/C16H15ClN6O5/c1-21-14(25)11(15(26)27)6-22(16(21)28)8-13-18-20-23(19-13)7-12(24)9-2-4-10(17)5-3-9/h2-6,12,24H,7-8H2,1H3,(H,26,27)/t12-/m0/s1. The highest BCUT2D eigenvalue weighted by Crippen LogP contribution is 2.17. The third-order valence-electron chi connectivity index (χ3n) is 3.98. The van der Waals surface area contributed by atoms with Crippen LogP contribution in [0.25, 0.3) is 0 Å². The van der Waals surface area contributed by atoms with Gasteiger partial charge in [-0.1, -0.05) is 23.7 Å². The Hall–Kier alpha value is -3.31. The van der Waals surface area contributed by atoms with Crippen LogP contribution in [0.3, 0.4) is 0 Å². The number of benzene rings is 1. The van der Waals surface area contributed by atoms with Gasteiger partial charge in [-0.25, -0.2) is 9.59 Å². The molecule has 0 aliphatic carbocycles. The van der Waals surface area contributed by atoms with Gasteiger partial charge in [0, 0.05) is 18.3 Å². The largest absolute Gasteiger partial charge is 0.477 e. The zero-order valence-corrected chi connectivity index (χ0v) is 15.3. The summed E-state index contributed by atoms with van der Waals surface area (Å²) < 4.78 is 1.69. The molecule has 0 unspecified atom stereocenters. The number of carbonyl (C=O) groups is 1. The van der Waals surface area contributed by atoms with E-state index in [0.717, 1.165) is 15.6 Å². The van der Waals surface area contributed by atoms with E-state index in [1.54, 1.807) is 24.3 Å². The van der Waals surface area contributed by atoms with Crippen LogP contribution in [0.1, 0.15) is 27.8 Å². The Labute approximate surface area is 162 Å². The number of rotatable bonds is 6. The molecule has 2 heterocycles. The van der Waals surface area contributed by atoms with Gasteiger partial charge in [-0.3, -0.25) is 13.9 Å². The van der Waals surface area contributed by atoms with E-state index < -0.39 is 28.9 Å². The van der Waals surface area contributed by atoms with Crippen molar-refractivity contribution in [3.63, 3.8) is 0 Å². The highest BCUT2D eigenvalue weighted by Gasteiger charge is 2.16. The van der Waals surface area contributed by atoms with Crippen molar-refractivity contribution >= 4 is 17.6 Å². The van der Waals surface area contributed by atoms with Gasteiger partial charge in [0.2, 0.25) is 0 Å². The second-order valence-electron chi connectivity index (χ2n) is 5.95. The molecule has 0 bridgehead atoms. The number of aromatic carboxylic acids is 1. The molecular formula is C16H15ClN6O5. The number of hydrogen-bond acceptors (Lipinski definition) is 7. The smallest absolute Gasteiger partial charge is 0.342 e. The second-order valence-corrected chi connectivity index (χ2v) is 6.39. The SMILES string of the molecule is Cn1c(=O)c(C(=O)O)cn(Cc2nnn(C[C@H](O)c3ccc(Cl)cc3)n2)c1=O. The average Bonchev–Trinajstić information content (AvgIpc) is 3.09. The van der Waals surface area contributed by atoms with E-state index in [1.165, 1.54) is 7.05 Å². The van der Waals surface area contributed by atoms with Crippen LogP contribution in [0.2, 0.25) is 5.02 Å². The molecule has 0 fully saturated rings. The third-order valence-corrected chi connectivity index (χ3v) is 4.23. The number of tetrazole rings is 1. The van der Waals surface area contributed by atoms with Crippen molar-refractivity contribution in [2.24, 2.45) is 7.05 Å². The zero-order valence-electron chi connectivity index (χ0n) is 14.6. The fraction of sp³-hybridized carbons (Fsp3) is 0.250. The number of hydrogen-bond donors (Lipinski definition) is 2. The molecule has 2 N–H and O–H groups in total. The first kappa shape index (κ1) is 19.5. The van der Waals surface area contributed by atoms with E-state index in [2.05, 4.69) is 15.4 Å². The van der Waals surface area contributed by atoms with E-state index in [4.69, 9.17) is 16.7 Å². The molecule has 0 saturated heterocycles. The predicted octanol–water partition coefficient (Wildman–Crippen LogP) is -0.333. The normalized spacial score (nSPS) is 12.1. The van der Waals surface area contributed by atoms with Gasteiger partial charge in [0.1, 0.15) is 11.7 Å². The summed E-state index contributed by atoms with van der Waals surface area (Å²) in [5.41, 5.74) is -1.56. The molecule has 3 aromatic rings. The lowest BCUT2D eigenvalue weighted by molar-refractivity contribution is 0.0692. The monoisotopic (exact) mass is 406 g/mol. The fourth-order valence-corrected chi connectivity index (χ4v) is 2.63. The molecule has 0 aliphatic rings. The van der Waals surface area contributed by atoms with Crippen LogP contribution >= 0.6 is 11.6 Å². The van der Waals surface area contributed by atoms with Crippen LogP contribution in [-0.4, -0.2) is 45.5 Å². The first-order valence-corrected chi connectivity index (χ1v) is 8.38. The Balaban J connectivity index is 1.80. The number of nitrogens with zero attached hydrogens (tertiary/aromatic N) is 6. The summed E-state index contributed by atoms with van der Waals surface area (Å²) in [5.74, 6) is -1.34. The predicted molar refractivity (Wildman–Crippen MR) is 96.2 cm³/mol. The number of carboxylic acid groups (broad SMARTS) is 1. The molecule has 2 aromatic heterocycles. The van der Waals surface area contributed by atoms with Gasteiger partial charge in [0.15, 0.2) is 5.82 Å². The second kappa shape index (κ2) is 7.74. The van der Waals surface area contributed by atoms with E-state index in [9.17, 15) is 19.5 Å². The zero-order chi connectivity index (χ0) is 20.4. The first-order valence-electron chi connectivity index (χ1n) is 8.00. The molecule has 12 heteroatoms. The maximum Gasteiger partial charge on any atom is 0.342 e. The van der Waals surface area contributed by atoms with Crippen molar-refractivity contribution in [2.45, 2.75) is 19.2 Å². The van der Waals surface area contributed by atoms with Gasteiger partial charge < -0.3 is 10.2 Å². The molecule has 0 radical (unpaired) electrons. The minimum absolute atomic E-state index is 0.0111. The van der Waals surface area contributed by atoms with Crippen molar-refractivity contribution in [2.75, 3.05) is 0 Å². The summed E-state index contributed by atoms with van der Waals surface area (Å²) in [6.45, 7) is -0.179. The Morgan fingerprint density at radius 3 is 2.57 bits per heavy atom. The molecule has 0 aliphatic heterocycles. The van der Waals surface area contributed by atoms with Crippen molar-refractivity contribution in [1.29, 1.82) is 0 Å². The average molecular weight is 407 g/mol. The highest BCUT2D eigenvalue weighted by atomic mass is 35.5. The summed E-state index contributed by atoms with van der Waals surface area (Å²) in [7, 11) is 1.18. The van der Waals surface area contributed by atoms with Gasteiger partial charge >= 0.3 is 11.7 Å². The third kappa shape index (κ3) is 4.00. The van der Waals surface area contributed by atoms with Crippen LogP contribution in [-0.2, 0) is 20.1 Å². The van der Waals surface area contributed by atoms with E-state index in [1.807, 2.05) is 0 Å². The van der Waals surface area contributed by atoms with Gasteiger partial charge in [0.05, 0.1) is 13.1 Å². The van der Waals surface area contributed by atoms with Crippen LogP contribution < -0.4 is 11.2 Å². The molecule has 3 rings (SSSR count). The van der Waals surface area contributed by atoms with Crippen molar-refractivity contribution in [1.82, 2.24) is 29.3 Å². The number of carboxylic acids is 1. The van der Waals surface area contributed by atoms with Gasteiger partial charge in [0.25, 0.3) is 5.56 Å². The summed E-state index contributed by atoms with van der Waals surface area (Å²) in [6.07, 6.45) is 0.0363. The number of aliphatic hydroxyl groups is 1. The topological polar surface area (TPSA) is 145 Å². The van der Waals surface area contributed by atoms with E-state index >= 15 is 0 Å². The first-order chi connectivity index (χ1) is 13.3. The van der Waals surface area contributed by atoms with E-state index in [-0.39, 0.29) is 18.9 Å². The van der Waals surface area contributed by atoms with Crippen LogP contribution in [0, 0.1) is 0 Å². The van der Waals surface area contributed by atoms with Gasteiger partial charge in [-0.05, 0) is 22.9 Å². The minimum atomic E-state index is -1.45. The summed E-state index contributed by atoms with van der Waals surface area (Å²) in [5, 5.41) is 31.5. The Morgan fingerprint density at radius 1 is 1.25 bits per heavy atom. The molecule has 28 heavy (non-hydrogen) atoms. The van der Waals surface area contributed by atoms with Crippen molar-refractivity contribution < 1.29 is 15.0 Å². The Bertz CT molecular complexity index is 1130.